The highest BCUT2D eigenvalue weighted by atomic mass is 32.2. The average Bonchev–Trinajstić information content (AvgIpc) is 2.01. The van der Waals surface area contributed by atoms with Crippen LogP contribution < -0.4 is 4.52 Å². The quantitative estimate of drug-likeness (QED) is 0.599. The predicted octanol–water partition coefficient (Wildman–Crippen LogP) is 0.962. The summed E-state index contributed by atoms with van der Waals surface area (Å²) in [6, 6.07) is 4.97. The van der Waals surface area contributed by atoms with Crippen LogP contribution in [0.2, 0.25) is 0 Å². The molecule has 76 valence electrons. The Balaban J connectivity index is 3.23. The van der Waals surface area contributed by atoms with Gasteiger partial charge in [0.05, 0.1) is 0 Å². The van der Waals surface area contributed by atoms with Crippen LogP contribution in [0, 0.1) is 0 Å². The van der Waals surface area contributed by atoms with Gasteiger partial charge in [-0.15, -0.1) is 4.89 Å². The zero-order valence-corrected chi connectivity index (χ0v) is 8.40. The molecule has 0 saturated heterocycles. The second-order valence-electron chi connectivity index (χ2n) is 2.25. The van der Waals surface area contributed by atoms with Gasteiger partial charge in [-0.3, -0.25) is 4.55 Å². The van der Waals surface area contributed by atoms with Crippen LogP contribution in [0.3, 0.4) is 0 Å². The lowest BCUT2D eigenvalue weighted by Crippen LogP contribution is -2.00. The topological polar surface area (TPSA) is 101 Å². The van der Waals surface area contributed by atoms with E-state index in [1.165, 1.54) is 12.1 Å². The van der Waals surface area contributed by atoms with Gasteiger partial charge in [0.1, 0.15) is 4.90 Å². The van der Waals surface area contributed by atoms with Crippen molar-refractivity contribution in [3.8, 4) is 5.75 Å². The molecule has 0 spiro atoms. The van der Waals surface area contributed by atoms with Gasteiger partial charge >= 0.3 is 8.25 Å². The Hall–Kier alpha value is -1.01. The lowest BCUT2D eigenvalue weighted by molar-refractivity contribution is 0.404. The predicted molar refractivity (Wildman–Crippen MR) is 46.7 cm³/mol. The van der Waals surface area contributed by atoms with Gasteiger partial charge < -0.3 is 0 Å². The zero-order valence-electron chi connectivity index (χ0n) is 6.69. The molecule has 0 aliphatic heterocycles. The van der Waals surface area contributed by atoms with Crippen molar-refractivity contribution in [2.24, 2.45) is 0 Å². The summed E-state index contributed by atoms with van der Waals surface area (Å²) >= 11 is 0. The van der Waals surface area contributed by atoms with E-state index in [9.17, 15) is 13.0 Å². The maximum Gasteiger partial charge on any atom is 0.747 e. The molecule has 0 saturated carbocycles. The zero-order chi connectivity index (χ0) is 10.8. The van der Waals surface area contributed by atoms with Gasteiger partial charge in [0.25, 0.3) is 10.1 Å². The van der Waals surface area contributed by atoms with Gasteiger partial charge in [0, 0.05) is 4.57 Å². The molecule has 0 aliphatic rings. The highest BCUT2D eigenvalue weighted by molar-refractivity contribution is 7.86. The molecule has 8 heteroatoms. The number of hydrogen-bond acceptors (Lipinski definition) is 4. The summed E-state index contributed by atoms with van der Waals surface area (Å²) in [5, 5.41) is 0. The number of para-hydroxylation sites is 1. The summed E-state index contributed by atoms with van der Waals surface area (Å²) in [5.41, 5.74) is 0. The van der Waals surface area contributed by atoms with Crippen LogP contribution in [-0.4, -0.2) is 17.9 Å². The van der Waals surface area contributed by atoms with Crippen molar-refractivity contribution in [2.75, 3.05) is 0 Å². The van der Waals surface area contributed by atoms with Crippen molar-refractivity contribution >= 4 is 18.4 Å². The SMILES string of the molecule is O=[P+](O)Oc1ccccc1S(=O)(=O)O. The third-order valence-electron chi connectivity index (χ3n) is 1.30. The molecule has 0 fully saturated rings. The molecule has 1 atom stereocenters. The van der Waals surface area contributed by atoms with Crippen molar-refractivity contribution in [3.63, 3.8) is 0 Å². The van der Waals surface area contributed by atoms with Crippen LogP contribution in [0.4, 0.5) is 0 Å². The molecular formula is C6H6O6PS+. The van der Waals surface area contributed by atoms with Gasteiger partial charge in [0.15, 0.2) is 0 Å². The number of hydrogen-bond donors (Lipinski definition) is 2. The van der Waals surface area contributed by atoms with E-state index in [0.29, 0.717) is 0 Å². The molecule has 2 N–H and O–H groups in total. The molecule has 1 rings (SSSR count). The minimum Gasteiger partial charge on any atom is -0.282 e. The summed E-state index contributed by atoms with van der Waals surface area (Å²) in [6.07, 6.45) is 0. The third kappa shape index (κ3) is 2.74. The van der Waals surface area contributed by atoms with E-state index < -0.39 is 23.3 Å². The fraction of sp³-hybridized carbons (Fsp3) is 0. The molecule has 14 heavy (non-hydrogen) atoms. The van der Waals surface area contributed by atoms with Gasteiger partial charge in [-0.2, -0.15) is 8.42 Å². The second kappa shape index (κ2) is 4.02. The van der Waals surface area contributed by atoms with E-state index in [-0.39, 0.29) is 5.75 Å². The number of rotatable bonds is 3. The lowest BCUT2D eigenvalue weighted by Gasteiger charge is -1.98. The molecule has 0 aliphatic carbocycles. The molecule has 6 nitrogen and oxygen atoms in total. The Morgan fingerprint density at radius 1 is 1.29 bits per heavy atom. The van der Waals surface area contributed by atoms with Crippen LogP contribution >= 0.6 is 8.25 Å². The molecule has 0 heterocycles. The highest BCUT2D eigenvalue weighted by Crippen LogP contribution is 2.29. The van der Waals surface area contributed by atoms with Crippen LogP contribution in [0.15, 0.2) is 29.2 Å². The minimum absolute atomic E-state index is 0.362. The molecular weight excluding hydrogens is 231 g/mol. The Bertz CT molecular complexity index is 453. The van der Waals surface area contributed by atoms with Crippen LogP contribution in [-0.2, 0) is 14.7 Å². The van der Waals surface area contributed by atoms with Gasteiger partial charge in [-0.25, -0.2) is 4.52 Å². The molecule has 0 radical (unpaired) electrons. The normalized spacial score (nSPS) is 12.3. The number of benzene rings is 1. The standard InChI is InChI=1S/C6H5O6PS/c7-13(8)12-5-3-1-2-4-6(5)14(9,10)11/h1-4H,(H-,7,8,9,10,11)/p+1. The largest absolute Gasteiger partial charge is 0.747 e. The Labute approximate surface area is 80.8 Å². The van der Waals surface area contributed by atoms with Crippen molar-refractivity contribution in [2.45, 2.75) is 4.90 Å². The first-order chi connectivity index (χ1) is 6.41. The summed E-state index contributed by atoms with van der Waals surface area (Å²) in [7, 11) is -7.41. The summed E-state index contributed by atoms with van der Waals surface area (Å²) < 4.78 is 44.8. The Morgan fingerprint density at radius 2 is 1.86 bits per heavy atom. The van der Waals surface area contributed by atoms with Crippen molar-refractivity contribution in [3.05, 3.63) is 24.3 Å². The smallest absolute Gasteiger partial charge is 0.282 e. The van der Waals surface area contributed by atoms with E-state index in [1.54, 1.807) is 0 Å². The fourth-order valence-electron chi connectivity index (χ4n) is 0.823. The Kier molecular flexibility index (Phi) is 3.17. The lowest BCUT2D eigenvalue weighted by atomic mass is 10.3. The van der Waals surface area contributed by atoms with E-state index >= 15 is 0 Å². The minimum atomic E-state index is -4.44. The highest BCUT2D eigenvalue weighted by Gasteiger charge is 2.23. The first kappa shape index (κ1) is 11.1. The molecule has 0 amide bonds. The molecule has 1 unspecified atom stereocenters. The molecule has 0 bridgehead atoms. The third-order valence-corrected chi connectivity index (χ3v) is 2.55. The van der Waals surface area contributed by atoms with Crippen LogP contribution in [0.25, 0.3) is 0 Å². The fourth-order valence-corrected chi connectivity index (χ4v) is 1.83. The monoisotopic (exact) mass is 237 g/mol. The van der Waals surface area contributed by atoms with Crippen LogP contribution in [0.5, 0.6) is 5.75 Å². The van der Waals surface area contributed by atoms with Gasteiger partial charge in [0.2, 0.25) is 5.75 Å². The summed E-state index contributed by atoms with van der Waals surface area (Å²) in [6.45, 7) is 0. The molecule has 1 aromatic carbocycles. The van der Waals surface area contributed by atoms with Crippen LogP contribution in [0.1, 0.15) is 0 Å². The van der Waals surface area contributed by atoms with E-state index in [2.05, 4.69) is 4.52 Å². The first-order valence-electron chi connectivity index (χ1n) is 3.32. The van der Waals surface area contributed by atoms with E-state index in [0.717, 1.165) is 12.1 Å². The Morgan fingerprint density at radius 3 is 2.36 bits per heavy atom. The molecule has 1 aromatic rings. The summed E-state index contributed by atoms with van der Waals surface area (Å²) in [5.74, 6) is -0.362. The van der Waals surface area contributed by atoms with Gasteiger partial charge in [-0.1, -0.05) is 12.1 Å². The first-order valence-corrected chi connectivity index (χ1v) is 5.89. The second-order valence-corrected chi connectivity index (χ2v) is 4.30. The maximum atomic E-state index is 10.7. The molecule has 0 aromatic heterocycles. The maximum absolute atomic E-state index is 10.7. The summed E-state index contributed by atoms with van der Waals surface area (Å²) in [4.78, 5) is 7.86. The van der Waals surface area contributed by atoms with Crippen molar-refractivity contribution in [1.29, 1.82) is 0 Å². The van der Waals surface area contributed by atoms with E-state index in [1.807, 2.05) is 0 Å². The van der Waals surface area contributed by atoms with Crippen molar-refractivity contribution in [1.82, 2.24) is 0 Å². The average molecular weight is 237 g/mol. The van der Waals surface area contributed by atoms with Gasteiger partial charge in [-0.05, 0) is 12.1 Å². The van der Waals surface area contributed by atoms with E-state index in [4.69, 9.17) is 9.45 Å². The van der Waals surface area contributed by atoms with Crippen molar-refractivity contribution < 1.29 is 27.0 Å².